The van der Waals surface area contributed by atoms with Gasteiger partial charge in [-0.2, -0.15) is 0 Å². The molecule has 0 amide bonds. The van der Waals surface area contributed by atoms with Crippen LogP contribution in [0.15, 0.2) is 0 Å². The highest BCUT2D eigenvalue weighted by atomic mass is 127. The standard InChI is InChI=1S/C8H18IN/c1-8(2)7-10-6-4-3-5-9/h8,10H,3-7H2,1-2H3. The summed E-state index contributed by atoms with van der Waals surface area (Å²) in [5.74, 6) is 0.791. The summed E-state index contributed by atoms with van der Waals surface area (Å²) in [5, 5.41) is 3.42. The topological polar surface area (TPSA) is 12.0 Å². The Balaban J connectivity index is 2.77. The Bertz CT molecular complexity index is 64.3. The van der Waals surface area contributed by atoms with E-state index in [1.54, 1.807) is 0 Å². The average molecular weight is 255 g/mol. The Morgan fingerprint density at radius 3 is 2.50 bits per heavy atom. The fourth-order valence-electron chi connectivity index (χ4n) is 0.735. The van der Waals surface area contributed by atoms with Gasteiger partial charge in [-0.15, -0.1) is 0 Å². The molecule has 0 aliphatic rings. The molecule has 0 spiro atoms. The molecule has 2 heteroatoms. The predicted octanol–water partition coefficient (Wildman–Crippen LogP) is 2.45. The lowest BCUT2D eigenvalue weighted by Gasteiger charge is -2.05. The van der Waals surface area contributed by atoms with Crippen molar-refractivity contribution in [2.24, 2.45) is 5.92 Å². The van der Waals surface area contributed by atoms with E-state index in [0.29, 0.717) is 0 Å². The first-order chi connectivity index (χ1) is 4.77. The van der Waals surface area contributed by atoms with Crippen LogP contribution in [-0.4, -0.2) is 17.5 Å². The SMILES string of the molecule is CC(C)CNCCCCI. The molecule has 0 atom stereocenters. The van der Waals surface area contributed by atoms with Crippen molar-refractivity contribution in [3.63, 3.8) is 0 Å². The van der Waals surface area contributed by atoms with E-state index < -0.39 is 0 Å². The molecule has 62 valence electrons. The normalized spacial score (nSPS) is 10.8. The molecule has 0 aliphatic heterocycles. The summed E-state index contributed by atoms with van der Waals surface area (Å²) in [6.07, 6.45) is 2.68. The molecule has 0 unspecified atom stereocenters. The summed E-state index contributed by atoms with van der Waals surface area (Å²) in [6, 6.07) is 0. The number of hydrogen-bond acceptors (Lipinski definition) is 1. The van der Waals surface area contributed by atoms with Gasteiger partial charge in [-0.05, 0) is 36.3 Å². The minimum absolute atomic E-state index is 0.791. The van der Waals surface area contributed by atoms with Crippen molar-refractivity contribution in [2.75, 3.05) is 17.5 Å². The molecular weight excluding hydrogens is 237 g/mol. The van der Waals surface area contributed by atoms with Gasteiger partial charge in [0.25, 0.3) is 0 Å². The fraction of sp³-hybridized carbons (Fsp3) is 1.00. The van der Waals surface area contributed by atoms with Gasteiger partial charge in [-0.1, -0.05) is 36.4 Å². The monoisotopic (exact) mass is 255 g/mol. The summed E-state index contributed by atoms with van der Waals surface area (Å²) in [4.78, 5) is 0. The van der Waals surface area contributed by atoms with Crippen LogP contribution in [0.1, 0.15) is 26.7 Å². The number of nitrogens with one attached hydrogen (secondary N) is 1. The van der Waals surface area contributed by atoms with E-state index in [1.165, 1.54) is 30.4 Å². The molecule has 0 heterocycles. The Hall–Kier alpha value is 0.690. The molecule has 0 aromatic heterocycles. The first-order valence-corrected chi connectivity index (χ1v) is 5.56. The van der Waals surface area contributed by atoms with E-state index in [9.17, 15) is 0 Å². The van der Waals surface area contributed by atoms with Crippen molar-refractivity contribution >= 4 is 22.6 Å². The summed E-state index contributed by atoms with van der Waals surface area (Å²) < 4.78 is 1.29. The molecule has 0 aromatic carbocycles. The van der Waals surface area contributed by atoms with Crippen molar-refractivity contribution in [2.45, 2.75) is 26.7 Å². The summed E-state index contributed by atoms with van der Waals surface area (Å²) in [6.45, 7) is 6.85. The van der Waals surface area contributed by atoms with E-state index in [2.05, 4.69) is 41.8 Å². The van der Waals surface area contributed by atoms with Crippen LogP contribution in [0.2, 0.25) is 0 Å². The quantitative estimate of drug-likeness (QED) is 0.436. The molecule has 0 bridgehead atoms. The minimum Gasteiger partial charge on any atom is -0.316 e. The molecule has 1 N–H and O–H groups in total. The van der Waals surface area contributed by atoms with Crippen molar-refractivity contribution in [1.82, 2.24) is 5.32 Å². The van der Waals surface area contributed by atoms with Gasteiger partial charge in [0.05, 0.1) is 0 Å². The second kappa shape index (κ2) is 7.79. The molecule has 0 aromatic rings. The number of alkyl halides is 1. The van der Waals surface area contributed by atoms with Crippen LogP contribution in [0.4, 0.5) is 0 Å². The van der Waals surface area contributed by atoms with Crippen molar-refractivity contribution in [3.05, 3.63) is 0 Å². The highest BCUT2D eigenvalue weighted by Gasteiger charge is 1.91. The summed E-state index contributed by atoms with van der Waals surface area (Å²) >= 11 is 2.42. The summed E-state index contributed by atoms with van der Waals surface area (Å²) in [7, 11) is 0. The van der Waals surface area contributed by atoms with Crippen LogP contribution in [0, 0.1) is 5.92 Å². The maximum absolute atomic E-state index is 3.42. The van der Waals surface area contributed by atoms with Gasteiger partial charge in [0.2, 0.25) is 0 Å². The third-order valence-electron chi connectivity index (χ3n) is 1.29. The van der Waals surface area contributed by atoms with Gasteiger partial charge in [-0.25, -0.2) is 0 Å². The zero-order valence-corrected chi connectivity index (χ0v) is 9.15. The number of rotatable bonds is 6. The molecule has 0 saturated heterocycles. The molecule has 1 nitrogen and oxygen atoms in total. The Morgan fingerprint density at radius 1 is 1.30 bits per heavy atom. The Morgan fingerprint density at radius 2 is 2.00 bits per heavy atom. The van der Waals surface area contributed by atoms with Crippen molar-refractivity contribution < 1.29 is 0 Å². The first-order valence-electron chi connectivity index (χ1n) is 4.04. The van der Waals surface area contributed by atoms with Crippen LogP contribution < -0.4 is 5.32 Å². The predicted molar refractivity (Wildman–Crippen MR) is 55.8 cm³/mol. The Kier molecular flexibility index (Phi) is 8.33. The van der Waals surface area contributed by atoms with Gasteiger partial charge in [0, 0.05) is 0 Å². The van der Waals surface area contributed by atoms with Crippen LogP contribution in [0.3, 0.4) is 0 Å². The van der Waals surface area contributed by atoms with Crippen LogP contribution in [0.25, 0.3) is 0 Å². The first kappa shape index (κ1) is 10.7. The third-order valence-corrected chi connectivity index (χ3v) is 2.05. The zero-order valence-electron chi connectivity index (χ0n) is 6.99. The van der Waals surface area contributed by atoms with Gasteiger partial charge in [-0.3, -0.25) is 0 Å². The van der Waals surface area contributed by atoms with Gasteiger partial charge < -0.3 is 5.32 Å². The summed E-state index contributed by atoms with van der Waals surface area (Å²) in [5.41, 5.74) is 0. The molecule has 10 heavy (non-hydrogen) atoms. The highest BCUT2D eigenvalue weighted by Crippen LogP contribution is 1.93. The van der Waals surface area contributed by atoms with E-state index in [0.717, 1.165) is 5.92 Å². The van der Waals surface area contributed by atoms with Crippen molar-refractivity contribution in [1.29, 1.82) is 0 Å². The lowest BCUT2D eigenvalue weighted by atomic mass is 10.2. The van der Waals surface area contributed by atoms with E-state index in [-0.39, 0.29) is 0 Å². The fourth-order valence-corrected chi connectivity index (χ4v) is 1.27. The van der Waals surface area contributed by atoms with E-state index in [4.69, 9.17) is 0 Å². The molecule has 0 rings (SSSR count). The number of hydrogen-bond donors (Lipinski definition) is 1. The molecule has 0 fully saturated rings. The highest BCUT2D eigenvalue weighted by molar-refractivity contribution is 14.1. The van der Waals surface area contributed by atoms with Gasteiger partial charge in [0.15, 0.2) is 0 Å². The third kappa shape index (κ3) is 8.69. The lowest BCUT2D eigenvalue weighted by molar-refractivity contribution is 0.542. The Labute approximate surface area is 78.1 Å². The minimum atomic E-state index is 0.791. The molecule has 0 radical (unpaired) electrons. The smallest absolute Gasteiger partial charge is 0.000426 e. The van der Waals surface area contributed by atoms with Crippen LogP contribution >= 0.6 is 22.6 Å². The maximum Gasteiger partial charge on any atom is -0.000426 e. The number of halogens is 1. The molecule has 0 saturated carbocycles. The lowest BCUT2D eigenvalue weighted by Crippen LogP contribution is -2.20. The number of unbranched alkanes of at least 4 members (excludes halogenated alkanes) is 1. The van der Waals surface area contributed by atoms with Gasteiger partial charge in [0.1, 0.15) is 0 Å². The second-order valence-electron chi connectivity index (χ2n) is 2.99. The molecular formula is C8H18IN. The maximum atomic E-state index is 3.42. The van der Waals surface area contributed by atoms with Crippen LogP contribution in [-0.2, 0) is 0 Å². The molecule has 0 aliphatic carbocycles. The second-order valence-corrected chi connectivity index (χ2v) is 4.07. The largest absolute Gasteiger partial charge is 0.316 e. The van der Waals surface area contributed by atoms with Crippen molar-refractivity contribution in [3.8, 4) is 0 Å². The average Bonchev–Trinajstić information content (AvgIpc) is 1.87. The van der Waals surface area contributed by atoms with E-state index >= 15 is 0 Å². The van der Waals surface area contributed by atoms with Gasteiger partial charge >= 0.3 is 0 Å². The zero-order chi connectivity index (χ0) is 7.82. The van der Waals surface area contributed by atoms with Crippen LogP contribution in [0.5, 0.6) is 0 Å². The van der Waals surface area contributed by atoms with E-state index in [1.807, 2.05) is 0 Å².